The van der Waals surface area contributed by atoms with E-state index in [0.717, 1.165) is 29.5 Å². The first-order valence-electron chi connectivity index (χ1n) is 5.48. The van der Waals surface area contributed by atoms with Gasteiger partial charge in [0.05, 0.1) is 10.6 Å². The Kier molecular flexibility index (Phi) is 1.56. The van der Waals surface area contributed by atoms with E-state index in [9.17, 15) is 8.42 Å². The summed E-state index contributed by atoms with van der Waals surface area (Å²) in [4.78, 5) is 0.403. The van der Waals surface area contributed by atoms with Crippen LogP contribution in [0.1, 0.15) is 11.1 Å². The summed E-state index contributed by atoms with van der Waals surface area (Å²) in [5.41, 5.74) is 3.14. The number of nitrogens with one attached hydrogen (secondary N) is 2. The van der Waals surface area contributed by atoms with Crippen molar-refractivity contribution in [2.24, 2.45) is 0 Å². The topological polar surface area (TPSA) is 58.2 Å². The molecule has 2 aromatic rings. The third-order valence-corrected chi connectivity index (χ3v) is 4.89. The molecule has 0 amide bonds. The van der Waals surface area contributed by atoms with Crippen LogP contribution in [0.15, 0.2) is 29.2 Å². The number of benzene rings is 2. The maximum Gasteiger partial charge on any atom is 0.262 e. The zero-order valence-corrected chi connectivity index (χ0v) is 9.76. The molecule has 0 aliphatic carbocycles. The molecular weight excluding hydrogens is 236 g/mol. The average Bonchev–Trinajstić information content (AvgIpc) is 2.84. The molecule has 0 radical (unpaired) electrons. The molecule has 0 saturated carbocycles. The molecule has 2 aromatic carbocycles. The van der Waals surface area contributed by atoms with Gasteiger partial charge >= 0.3 is 0 Å². The van der Waals surface area contributed by atoms with Crippen molar-refractivity contribution in [2.75, 3.05) is 4.72 Å². The van der Waals surface area contributed by atoms with Gasteiger partial charge in [-0.1, -0.05) is 12.1 Å². The van der Waals surface area contributed by atoms with E-state index in [1.165, 1.54) is 11.1 Å². The molecule has 5 heteroatoms. The fourth-order valence-corrected chi connectivity index (χ4v) is 4.07. The number of hydrogen-bond donors (Lipinski definition) is 2. The summed E-state index contributed by atoms with van der Waals surface area (Å²) in [6.45, 7) is 1.62. The summed E-state index contributed by atoms with van der Waals surface area (Å²) < 4.78 is 26.5. The summed E-state index contributed by atoms with van der Waals surface area (Å²) in [6, 6.07) is 7.42. The Morgan fingerprint density at radius 1 is 1.18 bits per heavy atom. The minimum atomic E-state index is -3.35. The largest absolute Gasteiger partial charge is 0.309 e. The van der Waals surface area contributed by atoms with Crippen LogP contribution >= 0.6 is 0 Å². The number of rotatable bonds is 0. The molecule has 0 unspecified atom stereocenters. The van der Waals surface area contributed by atoms with Crippen LogP contribution in [-0.4, -0.2) is 8.42 Å². The van der Waals surface area contributed by atoms with Gasteiger partial charge in [-0.25, -0.2) is 8.42 Å². The first-order valence-corrected chi connectivity index (χ1v) is 6.96. The monoisotopic (exact) mass is 246 g/mol. The summed E-state index contributed by atoms with van der Waals surface area (Å²) in [5, 5.41) is 5.19. The summed E-state index contributed by atoms with van der Waals surface area (Å²) >= 11 is 0. The predicted molar refractivity (Wildman–Crippen MR) is 65.3 cm³/mol. The van der Waals surface area contributed by atoms with Crippen LogP contribution in [-0.2, 0) is 23.1 Å². The lowest BCUT2D eigenvalue weighted by Gasteiger charge is -2.05. The normalized spacial score (nSPS) is 19.3. The maximum atomic E-state index is 11.9. The van der Waals surface area contributed by atoms with Gasteiger partial charge in [0, 0.05) is 18.5 Å². The van der Waals surface area contributed by atoms with Gasteiger partial charge in [-0.3, -0.25) is 4.72 Å². The van der Waals surface area contributed by atoms with E-state index < -0.39 is 10.0 Å². The van der Waals surface area contributed by atoms with Gasteiger partial charge in [0.1, 0.15) is 0 Å². The second-order valence-corrected chi connectivity index (χ2v) is 6.10. The number of hydrogen-bond acceptors (Lipinski definition) is 3. The zero-order chi connectivity index (χ0) is 11.6. The van der Waals surface area contributed by atoms with Gasteiger partial charge in [-0.2, -0.15) is 0 Å². The van der Waals surface area contributed by atoms with Crippen LogP contribution in [0.3, 0.4) is 0 Å². The summed E-state index contributed by atoms with van der Waals surface area (Å²) in [7, 11) is -3.35. The highest BCUT2D eigenvalue weighted by atomic mass is 32.2. The highest BCUT2D eigenvalue weighted by molar-refractivity contribution is 7.93. The fourth-order valence-electron chi connectivity index (χ4n) is 2.76. The molecule has 17 heavy (non-hydrogen) atoms. The summed E-state index contributed by atoms with van der Waals surface area (Å²) in [6.07, 6.45) is 0. The SMILES string of the molecule is O=S1(=O)Nc2cc3c(c4cccc1c24)CNC3. The van der Waals surface area contributed by atoms with Crippen molar-refractivity contribution in [3.63, 3.8) is 0 Å². The molecule has 4 nitrogen and oxygen atoms in total. The van der Waals surface area contributed by atoms with Gasteiger partial charge in [0.2, 0.25) is 0 Å². The van der Waals surface area contributed by atoms with Crippen LogP contribution in [0.5, 0.6) is 0 Å². The summed E-state index contributed by atoms with van der Waals surface area (Å²) in [5.74, 6) is 0. The third kappa shape index (κ3) is 1.08. The van der Waals surface area contributed by atoms with E-state index >= 15 is 0 Å². The lowest BCUT2D eigenvalue weighted by Crippen LogP contribution is -2.06. The minimum Gasteiger partial charge on any atom is -0.309 e. The quantitative estimate of drug-likeness (QED) is 0.741. The van der Waals surface area contributed by atoms with Crippen molar-refractivity contribution in [3.8, 4) is 0 Å². The van der Waals surface area contributed by atoms with Gasteiger partial charge in [-0.15, -0.1) is 0 Å². The Morgan fingerprint density at radius 3 is 2.94 bits per heavy atom. The molecule has 0 fully saturated rings. The Balaban J connectivity index is 2.26. The smallest absolute Gasteiger partial charge is 0.262 e. The van der Waals surface area contributed by atoms with E-state index in [0.29, 0.717) is 4.90 Å². The lowest BCUT2D eigenvalue weighted by molar-refractivity contribution is 0.603. The van der Waals surface area contributed by atoms with E-state index in [-0.39, 0.29) is 0 Å². The van der Waals surface area contributed by atoms with Crippen LogP contribution < -0.4 is 10.0 Å². The molecule has 86 valence electrons. The maximum absolute atomic E-state index is 11.9. The van der Waals surface area contributed by atoms with Crippen LogP contribution in [0.2, 0.25) is 0 Å². The third-order valence-electron chi connectivity index (χ3n) is 3.48. The van der Waals surface area contributed by atoms with Crippen molar-refractivity contribution in [1.29, 1.82) is 0 Å². The Hall–Kier alpha value is -1.59. The van der Waals surface area contributed by atoms with Crippen LogP contribution in [0.4, 0.5) is 5.69 Å². The van der Waals surface area contributed by atoms with Crippen LogP contribution in [0.25, 0.3) is 10.8 Å². The average molecular weight is 246 g/mol. The molecule has 2 N–H and O–H groups in total. The molecule has 0 atom stereocenters. The molecule has 0 aromatic heterocycles. The molecule has 2 heterocycles. The number of fused-ring (bicyclic) bond motifs is 2. The molecule has 2 aliphatic rings. The van der Waals surface area contributed by atoms with Crippen molar-refractivity contribution >= 4 is 26.5 Å². The molecule has 0 saturated heterocycles. The molecular formula is C12H10N2O2S. The minimum absolute atomic E-state index is 0.403. The molecule has 2 aliphatic heterocycles. The predicted octanol–water partition coefficient (Wildman–Crippen LogP) is 1.56. The van der Waals surface area contributed by atoms with E-state index in [2.05, 4.69) is 10.0 Å². The van der Waals surface area contributed by atoms with Gasteiger partial charge in [0.25, 0.3) is 10.0 Å². The molecule has 0 spiro atoms. The Labute approximate surface area is 98.7 Å². The Bertz CT molecular complexity index is 766. The second-order valence-electron chi connectivity index (χ2n) is 4.45. The Morgan fingerprint density at radius 2 is 2.06 bits per heavy atom. The molecule has 4 rings (SSSR count). The van der Waals surface area contributed by atoms with Crippen molar-refractivity contribution < 1.29 is 8.42 Å². The van der Waals surface area contributed by atoms with Crippen molar-refractivity contribution in [1.82, 2.24) is 5.32 Å². The lowest BCUT2D eigenvalue weighted by atomic mass is 9.99. The van der Waals surface area contributed by atoms with Gasteiger partial charge in [-0.05, 0) is 28.6 Å². The van der Waals surface area contributed by atoms with Crippen molar-refractivity contribution in [2.45, 2.75) is 18.0 Å². The zero-order valence-electron chi connectivity index (χ0n) is 8.95. The number of anilines is 1. The first kappa shape index (κ1) is 9.44. The second kappa shape index (κ2) is 2.80. The van der Waals surface area contributed by atoms with E-state index in [1.54, 1.807) is 6.07 Å². The van der Waals surface area contributed by atoms with Crippen LogP contribution in [0, 0.1) is 0 Å². The van der Waals surface area contributed by atoms with Gasteiger partial charge < -0.3 is 5.32 Å². The van der Waals surface area contributed by atoms with Gasteiger partial charge in [0.15, 0.2) is 0 Å². The standard InChI is InChI=1S/C12H10N2O2S/c15-17(16)11-3-1-2-8-9-6-13-5-7(9)4-10(14-17)12(8)11/h1-4,13-14H,5-6H2. The van der Waals surface area contributed by atoms with E-state index in [4.69, 9.17) is 0 Å². The van der Waals surface area contributed by atoms with Crippen molar-refractivity contribution in [3.05, 3.63) is 35.4 Å². The first-order chi connectivity index (χ1) is 8.17. The highest BCUT2D eigenvalue weighted by Gasteiger charge is 2.29. The highest BCUT2D eigenvalue weighted by Crippen LogP contribution is 2.41. The van der Waals surface area contributed by atoms with E-state index in [1.807, 2.05) is 18.2 Å². The fraction of sp³-hybridized carbons (Fsp3) is 0.167. The molecule has 0 bridgehead atoms. The number of sulfonamides is 1.